The fourth-order valence-corrected chi connectivity index (χ4v) is 1.34. The molecule has 1 aromatic carbocycles. The zero-order valence-electron chi connectivity index (χ0n) is 8.37. The lowest BCUT2D eigenvalue weighted by atomic mass is 10.1. The van der Waals surface area contributed by atoms with Crippen molar-refractivity contribution in [1.82, 2.24) is 10.6 Å². The number of benzene rings is 1. The molecule has 0 heterocycles. The zero-order chi connectivity index (χ0) is 10.6. The molecule has 1 rings (SSSR count). The van der Waals surface area contributed by atoms with Crippen LogP contribution in [0.1, 0.15) is 17.3 Å². The van der Waals surface area contributed by atoms with Gasteiger partial charge in [-0.3, -0.25) is 5.32 Å². The molecule has 0 saturated heterocycles. The minimum absolute atomic E-state index is 0.0203. The monoisotopic (exact) mass is 209 g/mol. The molecule has 1 atom stereocenters. The Morgan fingerprint density at radius 1 is 1.36 bits per heavy atom. The second kappa shape index (κ2) is 4.93. The van der Waals surface area contributed by atoms with Crippen molar-refractivity contribution >= 4 is 17.3 Å². The van der Waals surface area contributed by atoms with E-state index in [1.807, 2.05) is 19.2 Å². The molecule has 0 bridgehead atoms. The summed E-state index contributed by atoms with van der Waals surface area (Å²) in [5.41, 5.74) is 7.77. The quantitative estimate of drug-likeness (QED) is 0.514. The summed E-state index contributed by atoms with van der Waals surface area (Å²) in [5.74, 6) is 0. The molecule has 0 amide bonds. The molecule has 0 spiro atoms. The first-order chi connectivity index (χ1) is 6.63. The fourth-order valence-electron chi connectivity index (χ4n) is 1.22. The van der Waals surface area contributed by atoms with Crippen LogP contribution in [-0.2, 0) is 0 Å². The van der Waals surface area contributed by atoms with Crippen LogP contribution in [0.5, 0.6) is 0 Å². The van der Waals surface area contributed by atoms with E-state index in [2.05, 4.69) is 29.7 Å². The topological polar surface area (TPSA) is 50.1 Å². The van der Waals surface area contributed by atoms with E-state index in [-0.39, 0.29) is 6.17 Å². The van der Waals surface area contributed by atoms with Gasteiger partial charge < -0.3 is 11.1 Å². The predicted molar refractivity (Wildman–Crippen MR) is 62.9 cm³/mol. The smallest absolute Gasteiger partial charge is 0.165 e. The first-order valence-corrected chi connectivity index (χ1v) is 4.84. The molecule has 4 heteroatoms. The standard InChI is InChI=1S/C10H15N3S/c1-7-3-5-8(6-4-7)9(12-2)13-10(11)14/h3-6,9,12H,1-2H3,(H3,11,13,14). The molecule has 0 saturated carbocycles. The highest BCUT2D eigenvalue weighted by atomic mass is 32.1. The van der Waals surface area contributed by atoms with Gasteiger partial charge in [-0.2, -0.15) is 0 Å². The van der Waals surface area contributed by atoms with Gasteiger partial charge in [-0.1, -0.05) is 29.8 Å². The average Bonchev–Trinajstić information content (AvgIpc) is 2.15. The maximum Gasteiger partial charge on any atom is 0.165 e. The molecule has 14 heavy (non-hydrogen) atoms. The normalized spacial score (nSPS) is 12.1. The molecule has 76 valence electrons. The molecule has 0 aliphatic carbocycles. The minimum atomic E-state index is -0.0203. The maximum atomic E-state index is 5.42. The number of nitrogens with one attached hydrogen (secondary N) is 2. The second-order valence-electron chi connectivity index (χ2n) is 3.14. The predicted octanol–water partition coefficient (Wildman–Crippen LogP) is 1.05. The molecule has 0 aliphatic rings. The summed E-state index contributed by atoms with van der Waals surface area (Å²) in [6.45, 7) is 2.05. The highest BCUT2D eigenvalue weighted by Crippen LogP contribution is 2.10. The third-order valence-corrected chi connectivity index (χ3v) is 2.10. The number of hydrogen-bond donors (Lipinski definition) is 3. The molecule has 0 aliphatic heterocycles. The number of nitrogens with two attached hydrogens (primary N) is 1. The van der Waals surface area contributed by atoms with Gasteiger partial charge in [0, 0.05) is 0 Å². The van der Waals surface area contributed by atoms with Gasteiger partial charge in [0.05, 0.1) is 0 Å². The van der Waals surface area contributed by atoms with Gasteiger partial charge in [-0.05, 0) is 31.8 Å². The first kappa shape index (κ1) is 10.9. The Bertz CT molecular complexity index is 308. The van der Waals surface area contributed by atoms with Crippen LogP contribution < -0.4 is 16.4 Å². The van der Waals surface area contributed by atoms with Crippen molar-refractivity contribution in [1.29, 1.82) is 0 Å². The average molecular weight is 209 g/mol. The van der Waals surface area contributed by atoms with Crippen molar-refractivity contribution in [3.8, 4) is 0 Å². The van der Waals surface area contributed by atoms with E-state index < -0.39 is 0 Å². The number of hydrogen-bond acceptors (Lipinski definition) is 2. The Kier molecular flexibility index (Phi) is 3.85. The minimum Gasteiger partial charge on any atom is -0.376 e. The van der Waals surface area contributed by atoms with Crippen LogP contribution >= 0.6 is 12.2 Å². The molecular weight excluding hydrogens is 194 g/mol. The third kappa shape index (κ3) is 2.97. The summed E-state index contributed by atoms with van der Waals surface area (Å²) in [4.78, 5) is 0. The van der Waals surface area contributed by atoms with Gasteiger partial charge >= 0.3 is 0 Å². The summed E-state index contributed by atoms with van der Waals surface area (Å²) in [6.07, 6.45) is -0.0203. The number of rotatable bonds is 3. The van der Waals surface area contributed by atoms with Gasteiger partial charge in [-0.15, -0.1) is 0 Å². The molecule has 3 nitrogen and oxygen atoms in total. The van der Waals surface area contributed by atoms with E-state index in [0.29, 0.717) is 5.11 Å². The van der Waals surface area contributed by atoms with Crippen molar-refractivity contribution in [2.75, 3.05) is 7.05 Å². The van der Waals surface area contributed by atoms with Crippen LogP contribution in [0.3, 0.4) is 0 Å². The van der Waals surface area contributed by atoms with Crippen molar-refractivity contribution in [2.24, 2.45) is 5.73 Å². The fraction of sp³-hybridized carbons (Fsp3) is 0.300. The largest absolute Gasteiger partial charge is 0.376 e. The van der Waals surface area contributed by atoms with Gasteiger partial charge in [-0.25, -0.2) is 0 Å². The molecule has 4 N–H and O–H groups in total. The summed E-state index contributed by atoms with van der Waals surface area (Å²) in [7, 11) is 1.86. The lowest BCUT2D eigenvalue weighted by Gasteiger charge is -2.18. The maximum absolute atomic E-state index is 5.42. The Morgan fingerprint density at radius 2 is 1.93 bits per heavy atom. The summed E-state index contributed by atoms with van der Waals surface area (Å²) >= 11 is 4.79. The Labute approximate surface area is 89.7 Å². The molecule has 0 fully saturated rings. The summed E-state index contributed by atoms with van der Waals surface area (Å²) in [5, 5.41) is 6.35. The summed E-state index contributed by atoms with van der Waals surface area (Å²) < 4.78 is 0. The van der Waals surface area contributed by atoms with Crippen LogP contribution in [0.25, 0.3) is 0 Å². The van der Waals surface area contributed by atoms with Crippen molar-refractivity contribution in [3.63, 3.8) is 0 Å². The highest BCUT2D eigenvalue weighted by Gasteiger charge is 2.07. The zero-order valence-corrected chi connectivity index (χ0v) is 9.19. The SMILES string of the molecule is CNC(NC(N)=S)c1ccc(C)cc1. The number of thiocarbonyl (C=S) groups is 1. The van der Waals surface area contributed by atoms with E-state index in [1.54, 1.807) is 0 Å². The van der Waals surface area contributed by atoms with Crippen LogP contribution in [0.15, 0.2) is 24.3 Å². The molecule has 1 aromatic rings. The van der Waals surface area contributed by atoms with Gasteiger partial charge in [0.2, 0.25) is 0 Å². The Hall–Kier alpha value is -1.13. The van der Waals surface area contributed by atoms with E-state index in [9.17, 15) is 0 Å². The van der Waals surface area contributed by atoms with Gasteiger partial charge in [0.15, 0.2) is 5.11 Å². The molecule has 0 radical (unpaired) electrons. The van der Waals surface area contributed by atoms with Crippen LogP contribution in [0, 0.1) is 6.92 Å². The molecule has 1 unspecified atom stereocenters. The van der Waals surface area contributed by atoms with E-state index in [1.165, 1.54) is 5.56 Å². The molecular formula is C10H15N3S. The van der Waals surface area contributed by atoms with Crippen LogP contribution in [0.4, 0.5) is 0 Å². The highest BCUT2D eigenvalue weighted by molar-refractivity contribution is 7.80. The number of aryl methyl sites for hydroxylation is 1. The van der Waals surface area contributed by atoms with E-state index >= 15 is 0 Å². The summed E-state index contributed by atoms with van der Waals surface area (Å²) in [6, 6.07) is 8.20. The third-order valence-electron chi connectivity index (χ3n) is 1.99. The van der Waals surface area contributed by atoms with Crippen LogP contribution in [0.2, 0.25) is 0 Å². The lowest BCUT2D eigenvalue weighted by Crippen LogP contribution is -2.39. The Balaban J connectivity index is 2.78. The Morgan fingerprint density at radius 3 is 2.36 bits per heavy atom. The van der Waals surface area contributed by atoms with Gasteiger partial charge in [0.1, 0.15) is 6.17 Å². The van der Waals surface area contributed by atoms with Crippen molar-refractivity contribution in [2.45, 2.75) is 13.1 Å². The van der Waals surface area contributed by atoms with Crippen LogP contribution in [-0.4, -0.2) is 12.2 Å². The second-order valence-corrected chi connectivity index (χ2v) is 3.58. The molecule has 0 aromatic heterocycles. The first-order valence-electron chi connectivity index (χ1n) is 4.43. The van der Waals surface area contributed by atoms with E-state index in [0.717, 1.165) is 5.56 Å². The van der Waals surface area contributed by atoms with Crippen molar-refractivity contribution < 1.29 is 0 Å². The van der Waals surface area contributed by atoms with E-state index in [4.69, 9.17) is 18.0 Å². The van der Waals surface area contributed by atoms with Crippen molar-refractivity contribution in [3.05, 3.63) is 35.4 Å². The lowest BCUT2D eigenvalue weighted by molar-refractivity contribution is 0.562. The van der Waals surface area contributed by atoms with Gasteiger partial charge in [0.25, 0.3) is 0 Å².